The van der Waals surface area contributed by atoms with Crippen molar-refractivity contribution < 1.29 is 22.6 Å². The van der Waals surface area contributed by atoms with Gasteiger partial charge in [0, 0.05) is 35.1 Å². The SMILES string of the molecule is O=Cc1ccc(NCCCCNC(=O)CSS(=O)(=O)O)cc1. The Labute approximate surface area is 133 Å². The average molecular weight is 346 g/mol. The minimum atomic E-state index is -4.17. The molecule has 3 N–H and O–H groups in total. The van der Waals surface area contributed by atoms with Crippen molar-refractivity contribution in [3.05, 3.63) is 29.8 Å². The Bertz CT molecular complexity index is 587. The van der Waals surface area contributed by atoms with Crippen LogP contribution >= 0.6 is 10.8 Å². The highest BCUT2D eigenvalue weighted by atomic mass is 33.1. The lowest BCUT2D eigenvalue weighted by atomic mass is 10.2. The summed E-state index contributed by atoms with van der Waals surface area (Å²) in [6, 6.07) is 7.08. The molecule has 122 valence electrons. The molecule has 0 heterocycles. The number of benzene rings is 1. The number of carbonyl (C=O) groups is 2. The first kappa shape index (κ1) is 18.5. The summed E-state index contributed by atoms with van der Waals surface area (Å²) in [5.41, 5.74) is 1.54. The zero-order valence-electron chi connectivity index (χ0n) is 11.8. The zero-order chi connectivity index (χ0) is 16.4. The fourth-order valence-corrected chi connectivity index (χ4v) is 2.70. The van der Waals surface area contributed by atoms with Gasteiger partial charge in [-0.25, -0.2) is 0 Å². The van der Waals surface area contributed by atoms with E-state index in [-0.39, 0.29) is 16.5 Å². The van der Waals surface area contributed by atoms with Gasteiger partial charge in [-0.1, -0.05) is 0 Å². The molecule has 1 aromatic rings. The lowest BCUT2D eigenvalue weighted by Crippen LogP contribution is -2.26. The summed E-state index contributed by atoms with van der Waals surface area (Å²) in [4.78, 5) is 21.8. The molecule has 0 aromatic heterocycles. The molecule has 0 bridgehead atoms. The quantitative estimate of drug-likeness (QED) is 0.254. The second-order valence-corrected chi connectivity index (χ2v) is 7.76. The molecule has 9 heteroatoms. The number of rotatable bonds is 10. The summed E-state index contributed by atoms with van der Waals surface area (Å²) < 4.78 is 29.4. The Hall–Kier alpha value is -1.58. The van der Waals surface area contributed by atoms with Crippen molar-refractivity contribution >= 4 is 37.8 Å². The van der Waals surface area contributed by atoms with E-state index in [1.807, 2.05) is 12.1 Å². The average Bonchev–Trinajstić information content (AvgIpc) is 2.48. The first-order valence-corrected chi connectivity index (χ1v) is 9.52. The highest BCUT2D eigenvalue weighted by molar-refractivity contribution is 8.70. The number of nitrogens with one attached hydrogen (secondary N) is 2. The molecule has 1 rings (SSSR count). The van der Waals surface area contributed by atoms with Gasteiger partial charge >= 0.3 is 9.15 Å². The van der Waals surface area contributed by atoms with Crippen molar-refractivity contribution in [3.63, 3.8) is 0 Å². The number of carbonyl (C=O) groups excluding carboxylic acids is 2. The van der Waals surface area contributed by atoms with Crippen molar-refractivity contribution in [2.75, 3.05) is 24.2 Å². The number of anilines is 1. The van der Waals surface area contributed by atoms with E-state index in [9.17, 15) is 18.0 Å². The Morgan fingerprint density at radius 1 is 1.18 bits per heavy atom. The minimum Gasteiger partial charge on any atom is -0.385 e. The van der Waals surface area contributed by atoms with Crippen molar-refractivity contribution in [2.24, 2.45) is 0 Å². The normalized spacial score (nSPS) is 11.0. The van der Waals surface area contributed by atoms with Crippen LogP contribution in [0.25, 0.3) is 0 Å². The molecule has 0 aliphatic rings. The summed E-state index contributed by atoms with van der Waals surface area (Å²) in [6.07, 6.45) is 2.34. The van der Waals surface area contributed by atoms with E-state index in [0.717, 1.165) is 31.4 Å². The van der Waals surface area contributed by atoms with E-state index in [1.165, 1.54) is 0 Å². The maximum atomic E-state index is 11.3. The lowest BCUT2D eigenvalue weighted by molar-refractivity contribution is -0.118. The minimum absolute atomic E-state index is 0.189. The topological polar surface area (TPSA) is 113 Å². The lowest BCUT2D eigenvalue weighted by Gasteiger charge is -2.07. The van der Waals surface area contributed by atoms with E-state index < -0.39 is 15.1 Å². The Balaban J connectivity index is 2.07. The number of hydrogen-bond acceptors (Lipinski definition) is 6. The van der Waals surface area contributed by atoms with Gasteiger partial charge in [0.25, 0.3) is 0 Å². The molecule has 7 nitrogen and oxygen atoms in total. The Kier molecular flexibility index (Phi) is 7.92. The maximum absolute atomic E-state index is 11.3. The van der Waals surface area contributed by atoms with E-state index in [4.69, 9.17) is 4.55 Å². The monoisotopic (exact) mass is 346 g/mol. The second-order valence-electron chi connectivity index (χ2n) is 4.41. The van der Waals surface area contributed by atoms with Crippen molar-refractivity contribution in [2.45, 2.75) is 12.8 Å². The van der Waals surface area contributed by atoms with E-state index >= 15 is 0 Å². The Morgan fingerprint density at radius 3 is 2.41 bits per heavy atom. The van der Waals surface area contributed by atoms with Gasteiger partial charge in [0.05, 0.1) is 5.75 Å². The molecule has 0 aliphatic carbocycles. The largest absolute Gasteiger partial charge is 0.385 e. The van der Waals surface area contributed by atoms with Crippen LogP contribution in [0, 0.1) is 0 Å². The van der Waals surface area contributed by atoms with Gasteiger partial charge in [0.15, 0.2) is 0 Å². The number of hydrogen-bond donors (Lipinski definition) is 3. The molecule has 0 fully saturated rings. The van der Waals surface area contributed by atoms with Gasteiger partial charge in [-0.05, 0) is 37.1 Å². The van der Waals surface area contributed by atoms with Crippen LogP contribution in [-0.2, 0) is 13.9 Å². The van der Waals surface area contributed by atoms with Gasteiger partial charge in [0.2, 0.25) is 5.91 Å². The van der Waals surface area contributed by atoms with Crippen molar-refractivity contribution in [1.29, 1.82) is 0 Å². The Morgan fingerprint density at radius 2 is 1.82 bits per heavy atom. The molecular weight excluding hydrogens is 328 g/mol. The number of unbranched alkanes of at least 4 members (excludes halogenated alkanes) is 1. The molecule has 1 amide bonds. The standard InChI is InChI=1S/C13H18N2O5S2/c16-9-11-3-5-12(6-4-11)14-7-1-2-8-15-13(17)10-21-22(18,19)20/h3-6,9,14H,1-2,7-8,10H2,(H,15,17)(H,18,19,20). The van der Waals surface area contributed by atoms with E-state index in [2.05, 4.69) is 10.6 Å². The van der Waals surface area contributed by atoms with Gasteiger partial charge < -0.3 is 10.6 Å². The fraction of sp³-hybridized carbons (Fsp3) is 0.385. The summed E-state index contributed by atoms with van der Waals surface area (Å²) in [5, 5.41) is 5.75. The predicted molar refractivity (Wildman–Crippen MR) is 86.6 cm³/mol. The van der Waals surface area contributed by atoms with Crippen LogP contribution < -0.4 is 10.6 Å². The third-order valence-corrected chi connectivity index (χ3v) is 4.57. The highest BCUT2D eigenvalue weighted by Gasteiger charge is 2.09. The summed E-state index contributed by atoms with van der Waals surface area (Å²) >= 11 is 0. The van der Waals surface area contributed by atoms with Gasteiger partial charge in [-0.3, -0.25) is 14.1 Å². The third kappa shape index (κ3) is 8.65. The first-order valence-electron chi connectivity index (χ1n) is 6.58. The summed E-state index contributed by atoms with van der Waals surface area (Å²) in [5.74, 6) is -0.750. The van der Waals surface area contributed by atoms with E-state index in [0.29, 0.717) is 12.1 Å². The summed E-state index contributed by atoms with van der Waals surface area (Å²) in [7, 11) is -3.98. The smallest absolute Gasteiger partial charge is 0.320 e. The van der Waals surface area contributed by atoms with Crippen LogP contribution in [0.4, 0.5) is 5.69 Å². The van der Waals surface area contributed by atoms with Gasteiger partial charge in [-0.2, -0.15) is 8.42 Å². The van der Waals surface area contributed by atoms with E-state index in [1.54, 1.807) is 12.1 Å². The zero-order valence-corrected chi connectivity index (χ0v) is 13.5. The molecule has 22 heavy (non-hydrogen) atoms. The van der Waals surface area contributed by atoms with Gasteiger partial charge in [0.1, 0.15) is 6.29 Å². The summed E-state index contributed by atoms with van der Waals surface area (Å²) in [6.45, 7) is 1.16. The van der Waals surface area contributed by atoms with Crippen LogP contribution in [-0.4, -0.2) is 44.0 Å². The molecule has 0 atom stereocenters. The number of amides is 1. The van der Waals surface area contributed by atoms with Crippen molar-refractivity contribution in [3.8, 4) is 0 Å². The first-order chi connectivity index (χ1) is 10.4. The van der Waals surface area contributed by atoms with Crippen LogP contribution in [0.5, 0.6) is 0 Å². The maximum Gasteiger partial charge on any atom is 0.320 e. The highest BCUT2D eigenvalue weighted by Crippen LogP contribution is 2.09. The predicted octanol–water partition coefficient (Wildman–Crippen LogP) is 1.34. The molecule has 1 aromatic carbocycles. The molecule has 0 saturated carbocycles. The van der Waals surface area contributed by atoms with Crippen LogP contribution in [0.1, 0.15) is 23.2 Å². The van der Waals surface area contributed by atoms with Gasteiger partial charge in [-0.15, -0.1) is 0 Å². The van der Waals surface area contributed by atoms with Crippen LogP contribution in [0.2, 0.25) is 0 Å². The molecular formula is C13H18N2O5S2. The third-order valence-electron chi connectivity index (χ3n) is 2.64. The second kappa shape index (κ2) is 9.44. The van der Waals surface area contributed by atoms with Crippen LogP contribution in [0.15, 0.2) is 24.3 Å². The molecule has 0 unspecified atom stereocenters. The van der Waals surface area contributed by atoms with Crippen molar-refractivity contribution in [1.82, 2.24) is 5.32 Å². The molecule has 0 aliphatic heterocycles. The molecule has 0 saturated heterocycles. The molecule has 0 radical (unpaired) electrons. The van der Waals surface area contributed by atoms with Crippen LogP contribution in [0.3, 0.4) is 0 Å². The fourth-order valence-electron chi connectivity index (χ4n) is 1.57. The molecule has 0 spiro atoms. The number of aldehydes is 1.